The van der Waals surface area contributed by atoms with E-state index in [0.717, 1.165) is 5.56 Å². The van der Waals surface area contributed by atoms with Gasteiger partial charge in [0.25, 0.3) is 5.91 Å². The third-order valence-electron chi connectivity index (χ3n) is 4.97. The summed E-state index contributed by atoms with van der Waals surface area (Å²) in [5.41, 5.74) is 4.61. The van der Waals surface area contributed by atoms with Gasteiger partial charge in [-0.05, 0) is 69.7 Å². The van der Waals surface area contributed by atoms with E-state index < -0.39 is 0 Å². The Bertz CT molecular complexity index is 962. The zero-order valence-corrected chi connectivity index (χ0v) is 17.2. The maximum absolute atomic E-state index is 13.0. The first-order chi connectivity index (χ1) is 13.8. The molecular formula is C23H27FN4O. The van der Waals surface area contributed by atoms with Gasteiger partial charge in [0.2, 0.25) is 0 Å². The van der Waals surface area contributed by atoms with Crippen molar-refractivity contribution in [3.05, 3.63) is 82.9 Å². The van der Waals surface area contributed by atoms with Gasteiger partial charge in [0.05, 0.1) is 6.20 Å². The van der Waals surface area contributed by atoms with Crippen molar-refractivity contribution in [1.29, 1.82) is 0 Å². The van der Waals surface area contributed by atoms with Crippen molar-refractivity contribution in [2.24, 2.45) is 0 Å². The molecule has 0 aliphatic rings. The molecule has 152 valence electrons. The van der Waals surface area contributed by atoms with Crippen LogP contribution in [0.15, 0.2) is 54.7 Å². The molecule has 0 aliphatic heterocycles. The van der Waals surface area contributed by atoms with Gasteiger partial charge in [-0.1, -0.05) is 12.1 Å². The van der Waals surface area contributed by atoms with Gasteiger partial charge in [-0.15, -0.1) is 0 Å². The molecule has 0 radical (unpaired) electrons. The summed E-state index contributed by atoms with van der Waals surface area (Å²) in [6.45, 7) is 9.18. The van der Waals surface area contributed by atoms with Gasteiger partial charge in [-0.25, -0.2) is 4.39 Å². The minimum Gasteiger partial charge on any atom is -0.322 e. The molecule has 3 rings (SSSR count). The molecule has 1 heterocycles. The Labute approximate surface area is 170 Å². The van der Waals surface area contributed by atoms with Crippen LogP contribution in [0.4, 0.5) is 10.1 Å². The molecule has 0 saturated carbocycles. The van der Waals surface area contributed by atoms with Crippen molar-refractivity contribution in [2.75, 3.05) is 5.32 Å². The third kappa shape index (κ3) is 5.09. The molecule has 2 aromatic carbocycles. The van der Waals surface area contributed by atoms with Gasteiger partial charge in [0.1, 0.15) is 5.82 Å². The highest BCUT2D eigenvalue weighted by atomic mass is 19.1. The topological polar surface area (TPSA) is 58.9 Å². The Hall–Kier alpha value is -2.99. The number of nitrogens with zero attached hydrogens (tertiary/aromatic N) is 2. The molecule has 0 spiro atoms. The molecule has 1 aromatic heterocycles. The van der Waals surface area contributed by atoms with Crippen molar-refractivity contribution in [3.63, 3.8) is 0 Å². The lowest BCUT2D eigenvalue weighted by Gasteiger charge is -2.15. The van der Waals surface area contributed by atoms with Crippen molar-refractivity contribution in [3.8, 4) is 0 Å². The molecule has 0 aliphatic carbocycles. The minimum absolute atomic E-state index is 0.181. The van der Waals surface area contributed by atoms with Crippen LogP contribution in [0.5, 0.6) is 0 Å². The zero-order chi connectivity index (χ0) is 21.0. The first kappa shape index (κ1) is 20.7. The van der Waals surface area contributed by atoms with E-state index in [0.29, 0.717) is 23.8 Å². The predicted octanol–water partition coefficient (Wildman–Crippen LogP) is 5.01. The Morgan fingerprint density at radius 3 is 2.31 bits per heavy atom. The van der Waals surface area contributed by atoms with E-state index in [4.69, 9.17) is 0 Å². The van der Waals surface area contributed by atoms with Crippen LogP contribution in [0.25, 0.3) is 0 Å². The SMILES string of the molecule is Cc1c([C@H](C)NCc2ccc(NC(=O)c3ccc(F)cc3)cc2)cnn1C(C)C. The second-order valence-corrected chi connectivity index (χ2v) is 7.48. The van der Waals surface area contributed by atoms with Crippen LogP contribution >= 0.6 is 0 Å². The Balaban J connectivity index is 1.56. The van der Waals surface area contributed by atoms with Crippen LogP contribution in [-0.2, 0) is 6.54 Å². The highest BCUT2D eigenvalue weighted by Gasteiger charge is 2.14. The van der Waals surface area contributed by atoms with E-state index in [1.807, 2.05) is 35.1 Å². The number of nitrogens with one attached hydrogen (secondary N) is 2. The highest BCUT2D eigenvalue weighted by molar-refractivity contribution is 6.04. The number of halogens is 1. The van der Waals surface area contributed by atoms with Gasteiger partial charge in [-0.2, -0.15) is 5.10 Å². The Kier molecular flexibility index (Phi) is 6.44. The Morgan fingerprint density at radius 2 is 1.72 bits per heavy atom. The maximum atomic E-state index is 13.0. The smallest absolute Gasteiger partial charge is 0.255 e. The summed E-state index contributed by atoms with van der Waals surface area (Å²) in [6.07, 6.45) is 1.93. The summed E-state index contributed by atoms with van der Waals surface area (Å²) in [5.74, 6) is -0.624. The van der Waals surface area contributed by atoms with Crippen molar-refractivity contribution >= 4 is 11.6 Å². The molecule has 29 heavy (non-hydrogen) atoms. The average molecular weight is 394 g/mol. The lowest BCUT2D eigenvalue weighted by Crippen LogP contribution is -2.19. The van der Waals surface area contributed by atoms with Crippen molar-refractivity contribution in [1.82, 2.24) is 15.1 Å². The number of aromatic nitrogens is 2. The third-order valence-corrected chi connectivity index (χ3v) is 4.97. The van der Waals surface area contributed by atoms with Gasteiger partial charge in [-0.3, -0.25) is 9.48 Å². The predicted molar refractivity (Wildman–Crippen MR) is 113 cm³/mol. The van der Waals surface area contributed by atoms with Crippen LogP contribution in [0.1, 0.15) is 60.0 Å². The second-order valence-electron chi connectivity index (χ2n) is 7.48. The molecule has 0 unspecified atom stereocenters. The molecular weight excluding hydrogens is 367 g/mol. The second kappa shape index (κ2) is 9.01. The Morgan fingerprint density at radius 1 is 1.07 bits per heavy atom. The molecule has 0 saturated heterocycles. The molecule has 1 atom stereocenters. The number of amides is 1. The fraction of sp³-hybridized carbons (Fsp3) is 0.304. The fourth-order valence-corrected chi connectivity index (χ4v) is 3.27. The number of hydrogen-bond acceptors (Lipinski definition) is 3. The van der Waals surface area contributed by atoms with E-state index in [-0.39, 0.29) is 17.8 Å². The lowest BCUT2D eigenvalue weighted by molar-refractivity contribution is 0.102. The van der Waals surface area contributed by atoms with Crippen LogP contribution in [0, 0.1) is 12.7 Å². The normalized spacial score (nSPS) is 12.2. The van der Waals surface area contributed by atoms with Gasteiger partial charge in [0, 0.05) is 41.1 Å². The maximum Gasteiger partial charge on any atom is 0.255 e. The summed E-state index contributed by atoms with van der Waals surface area (Å²) in [4.78, 5) is 12.2. The number of rotatable bonds is 7. The van der Waals surface area contributed by atoms with E-state index >= 15 is 0 Å². The summed E-state index contributed by atoms with van der Waals surface area (Å²) in [5, 5.41) is 10.8. The molecule has 3 aromatic rings. The molecule has 1 amide bonds. The molecule has 5 nitrogen and oxygen atoms in total. The van der Waals surface area contributed by atoms with Gasteiger partial charge >= 0.3 is 0 Å². The van der Waals surface area contributed by atoms with Crippen LogP contribution in [0.3, 0.4) is 0 Å². The summed E-state index contributed by atoms with van der Waals surface area (Å²) in [7, 11) is 0. The zero-order valence-electron chi connectivity index (χ0n) is 17.2. The van der Waals surface area contributed by atoms with E-state index in [1.54, 1.807) is 0 Å². The monoisotopic (exact) mass is 394 g/mol. The number of anilines is 1. The number of carbonyl (C=O) groups is 1. The molecule has 0 fully saturated rings. The minimum atomic E-state index is -0.362. The van der Waals surface area contributed by atoms with Crippen molar-refractivity contribution in [2.45, 2.75) is 46.3 Å². The van der Waals surface area contributed by atoms with E-state index in [2.05, 4.69) is 43.4 Å². The number of hydrogen-bond donors (Lipinski definition) is 2. The summed E-state index contributed by atoms with van der Waals surface area (Å²) >= 11 is 0. The molecule has 0 bridgehead atoms. The number of carbonyl (C=O) groups excluding carboxylic acids is 1. The van der Waals surface area contributed by atoms with Gasteiger partial charge in [0.15, 0.2) is 0 Å². The molecule has 6 heteroatoms. The summed E-state index contributed by atoms with van der Waals surface area (Å²) < 4.78 is 15.0. The summed E-state index contributed by atoms with van der Waals surface area (Å²) in [6, 6.07) is 13.7. The lowest BCUT2D eigenvalue weighted by atomic mass is 10.1. The largest absolute Gasteiger partial charge is 0.322 e. The molecule has 2 N–H and O–H groups in total. The average Bonchev–Trinajstić information content (AvgIpc) is 3.09. The van der Waals surface area contributed by atoms with E-state index in [9.17, 15) is 9.18 Å². The van der Waals surface area contributed by atoms with Gasteiger partial charge < -0.3 is 10.6 Å². The van der Waals surface area contributed by atoms with Crippen molar-refractivity contribution < 1.29 is 9.18 Å². The number of benzene rings is 2. The first-order valence-corrected chi connectivity index (χ1v) is 9.78. The quantitative estimate of drug-likeness (QED) is 0.592. The first-order valence-electron chi connectivity index (χ1n) is 9.78. The van der Waals surface area contributed by atoms with Crippen LogP contribution < -0.4 is 10.6 Å². The highest BCUT2D eigenvalue weighted by Crippen LogP contribution is 2.20. The fourth-order valence-electron chi connectivity index (χ4n) is 3.27. The van der Waals surface area contributed by atoms with Crippen LogP contribution in [-0.4, -0.2) is 15.7 Å². The van der Waals surface area contributed by atoms with Crippen LogP contribution in [0.2, 0.25) is 0 Å². The standard InChI is InChI=1S/C23H27FN4O/c1-15(2)28-17(4)22(14-26-28)16(3)25-13-18-5-11-21(12-6-18)27-23(29)19-7-9-20(24)10-8-19/h5-12,14-16,25H,13H2,1-4H3,(H,27,29)/t16-/m0/s1. The van der Waals surface area contributed by atoms with E-state index in [1.165, 1.54) is 35.5 Å².